The number of hydrogen-bond acceptors (Lipinski definition) is 1. The Kier molecular flexibility index (Phi) is 5.26. The van der Waals surface area contributed by atoms with Crippen LogP contribution in [0.5, 0.6) is 0 Å². The van der Waals surface area contributed by atoms with Gasteiger partial charge in [-0.25, -0.2) is 0 Å². The van der Waals surface area contributed by atoms with Crippen LogP contribution in [-0.2, 0) is 0 Å². The molecule has 62 valence electrons. The van der Waals surface area contributed by atoms with Gasteiger partial charge in [0.15, 0.2) is 0 Å². The van der Waals surface area contributed by atoms with Crippen LogP contribution in [0.2, 0.25) is 0 Å². The van der Waals surface area contributed by atoms with Crippen LogP contribution in [0.1, 0.15) is 13.8 Å². The van der Waals surface area contributed by atoms with Crippen LogP contribution in [0.3, 0.4) is 0 Å². The van der Waals surface area contributed by atoms with E-state index in [1.807, 2.05) is 19.1 Å². The lowest BCUT2D eigenvalue weighted by Gasteiger charge is -2.17. The van der Waals surface area contributed by atoms with Crippen molar-refractivity contribution in [3.05, 3.63) is 37.6 Å². The Bertz CT molecular complexity index is 147. The van der Waals surface area contributed by atoms with Crippen molar-refractivity contribution in [2.24, 2.45) is 5.92 Å². The Morgan fingerprint density at radius 2 is 2.00 bits per heavy atom. The molecule has 0 aliphatic heterocycles. The summed E-state index contributed by atoms with van der Waals surface area (Å²) in [5.41, 5.74) is 0. The molecule has 0 saturated carbocycles. The SMILES string of the molecule is C=CNC(C=C)C(C)/C=C\C. The largest absolute Gasteiger partial charge is 0.385 e. The summed E-state index contributed by atoms with van der Waals surface area (Å²) in [6.07, 6.45) is 7.79. The third-order valence-corrected chi connectivity index (χ3v) is 1.63. The Balaban J connectivity index is 4.00. The standard InChI is InChI=1S/C10H17N/c1-5-8-9(4)10(6-2)11-7-3/h5-11H,2-3H2,1,4H3/b8-5-. The Morgan fingerprint density at radius 1 is 1.36 bits per heavy atom. The van der Waals surface area contributed by atoms with Crippen molar-refractivity contribution in [2.75, 3.05) is 0 Å². The lowest BCUT2D eigenvalue weighted by atomic mass is 10.0. The van der Waals surface area contributed by atoms with Crippen molar-refractivity contribution in [2.45, 2.75) is 19.9 Å². The van der Waals surface area contributed by atoms with Crippen LogP contribution < -0.4 is 5.32 Å². The maximum Gasteiger partial charge on any atom is 0.0496 e. The van der Waals surface area contributed by atoms with E-state index in [2.05, 4.69) is 31.5 Å². The highest BCUT2D eigenvalue weighted by molar-refractivity contribution is 4.99. The number of allylic oxidation sites excluding steroid dienone is 1. The van der Waals surface area contributed by atoms with E-state index in [4.69, 9.17) is 0 Å². The molecular formula is C10H17N. The van der Waals surface area contributed by atoms with Crippen molar-refractivity contribution in [3.8, 4) is 0 Å². The smallest absolute Gasteiger partial charge is 0.0496 e. The molecule has 0 amide bonds. The van der Waals surface area contributed by atoms with Gasteiger partial charge in [0.25, 0.3) is 0 Å². The highest BCUT2D eigenvalue weighted by Gasteiger charge is 2.06. The van der Waals surface area contributed by atoms with E-state index in [0.29, 0.717) is 12.0 Å². The molecule has 0 spiro atoms. The molecule has 1 nitrogen and oxygen atoms in total. The monoisotopic (exact) mass is 151 g/mol. The number of rotatable bonds is 5. The molecule has 1 heteroatoms. The molecule has 0 rings (SSSR count). The summed E-state index contributed by atoms with van der Waals surface area (Å²) in [6.45, 7) is 11.5. The van der Waals surface area contributed by atoms with Crippen LogP contribution >= 0.6 is 0 Å². The van der Waals surface area contributed by atoms with Crippen molar-refractivity contribution >= 4 is 0 Å². The fourth-order valence-electron chi connectivity index (χ4n) is 0.994. The van der Waals surface area contributed by atoms with E-state index in [0.717, 1.165) is 0 Å². The number of hydrogen-bond donors (Lipinski definition) is 1. The summed E-state index contributed by atoms with van der Waals surface area (Å²) in [7, 11) is 0. The summed E-state index contributed by atoms with van der Waals surface area (Å²) in [5.74, 6) is 0.468. The van der Waals surface area contributed by atoms with Gasteiger partial charge in [0.2, 0.25) is 0 Å². The number of nitrogens with one attached hydrogen (secondary N) is 1. The summed E-state index contributed by atoms with van der Waals surface area (Å²) in [6, 6.07) is 0.295. The first-order chi connectivity index (χ1) is 5.26. The van der Waals surface area contributed by atoms with Crippen LogP contribution in [0, 0.1) is 5.92 Å². The highest BCUT2D eigenvalue weighted by Crippen LogP contribution is 2.05. The van der Waals surface area contributed by atoms with Gasteiger partial charge in [-0.3, -0.25) is 0 Å². The van der Waals surface area contributed by atoms with Crippen molar-refractivity contribution in [3.63, 3.8) is 0 Å². The molecule has 2 atom stereocenters. The maximum absolute atomic E-state index is 3.74. The van der Waals surface area contributed by atoms with Gasteiger partial charge in [-0.2, -0.15) is 0 Å². The lowest BCUT2D eigenvalue weighted by molar-refractivity contribution is 0.564. The first-order valence-electron chi connectivity index (χ1n) is 3.88. The van der Waals surface area contributed by atoms with E-state index < -0.39 is 0 Å². The topological polar surface area (TPSA) is 12.0 Å². The van der Waals surface area contributed by atoms with Crippen molar-refractivity contribution in [1.29, 1.82) is 0 Å². The zero-order valence-corrected chi connectivity index (χ0v) is 7.38. The van der Waals surface area contributed by atoms with Gasteiger partial charge < -0.3 is 5.32 Å². The lowest BCUT2D eigenvalue weighted by Crippen LogP contribution is -2.27. The predicted molar refractivity (Wildman–Crippen MR) is 51.3 cm³/mol. The normalized spacial score (nSPS) is 15.8. The van der Waals surface area contributed by atoms with E-state index >= 15 is 0 Å². The Labute approximate surface area is 69.5 Å². The van der Waals surface area contributed by atoms with Crippen LogP contribution in [-0.4, -0.2) is 6.04 Å². The molecule has 0 aromatic rings. The second kappa shape index (κ2) is 5.78. The summed E-state index contributed by atoms with van der Waals surface area (Å²) < 4.78 is 0. The molecule has 0 radical (unpaired) electrons. The zero-order chi connectivity index (χ0) is 8.69. The fourth-order valence-corrected chi connectivity index (χ4v) is 0.994. The molecule has 1 N–H and O–H groups in total. The molecule has 0 heterocycles. The van der Waals surface area contributed by atoms with E-state index in [1.54, 1.807) is 6.20 Å². The molecule has 0 aliphatic rings. The molecular weight excluding hydrogens is 134 g/mol. The van der Waals surface area contributed by atoms with Gasteiger partial charge in [-0.1, -0.05) is 31.7 Å². The van der Waals surface area contributed by atoms with Crippen molar-refractivity contribution < 1.29 is 0 Å². The second-order valence-corrected chi connectivity index (χ2v) is 2.52. The molecule has 0 aromatic carbocycles. The van der Waals surface area contributed by atoms with Gasteiger partial charge in [-0.15, -0.1) is 6.58 Å². The Morgan fingerprint density at radius 3 is 2.36 bits per heavy atom. The highest BCUT2D eigenvalue weighted by atomic mass is 14.9. The van der Waals surface area contributed by atoms with Gasteiger partial charge >= 0.3 is 0 Å². The summed E-state index contributed by atoms with van der Waals surface area (Å²) in [5, 5.41) is 3.11. The molecule has 0 saturated heterocycles. The first-order valence-corrected chi connectivity index (χ1v) is 3.88. The minimum absolute atomic E-state index is 0.295. The molecule has 11 heavy (non-hydrogen) atoms. The van der Waals surface area contributed by atoms with Gasteiger partial charge in [-0.05, 0) is 19.0 Å². The van der Waals surface area contributed by atoms with Gasteiger partial charge in [0.1, 0.15) is 0 Å². The summed E-state index contributed by atoms with van der Waals surface area (Å²) in [4.78, 5) is 0. The zero-order valence-electron chi connectivity index (χ0n) is 7.38. The molecule has 0 aliphatic carbocycles. The van der Waals surface area contributed by atoms with E-state index in [1.165, 1.54) is 0 Å². The molecule has 2 unspecified atom stereocenters. The van der Waals surface area contributed by atoms with Gasteiger partial charge in [0.05, 0.1) is 0 Å². The van der Waals surface area contributed by atoms with Crippen LogP contribution in [0.15, 0.2) is 37.6 Å². The van der Waals surface area contributed by atoms with Crippen molar-refractivity contribution in [1.82, 2.24) is 5.32 Å². The van der Waals surface area contributed by atoms with E-state index in [9.17, 15) is 0 Å². The van der Waals surface area contributed by atoms with E-state index in [-0.39, 0.29) is 0 Å². The third kappa shape index (κ3) is 3.66. The molecule has 0 aromatic heterocycles. The Hall–Kier alpha value is -0.980. The molecule has 0 bridgehead atoms. The fraction of sp³-hybridized carbons (Fsp3) is 0.400. The predicted octanol–water partition coefficient (Wildman–Crippen LogP) is 2.49. The maximum atomic E-state index is 3.74. The minimum Gasteiger partial charge on any atom is -0.385 e. The average molecular weight is 151 g/mol. The average Bonchev–Trinajstić information content (AvgIpc) is 2.00. The van der Waals surface area contributed by atoms with Crippen LogP contribution in [0.25, 0.3) is 0 Å². The summed E-state index contributed by atoms with van der Waals surface area (Å²) >= 11 is 0. The van der Waals surface area contributed by atoms with Crippen LogP contribution in [0.4, 0.5) is 0 Å². The third-order valence-electron chi connectivity index (χ3n) is 1.63. The second-order valence-electron chi connectivity index (χ2n) is 2.52. The minimum atomic E-state index is 0.295. The quantitative estimate of drug-likeness (QED) is 0.595. The first kappa shape index (κ1) is 10.0. The molecule has 0 fully saturated rings. The van der Waals surface area contributed by atoms with Gasteiger partial charge in [0, 0.05) is 6.04 Å².